The fraction of sp³-hybridized carbons (Fsp3) is 0.500. The van der Waals surface area contributed by atoms with Gasteiger partial charge < -0.3 is 4.90 Å². The molecule has 1 aliphatic rings. The van der Waals surface area contributed by atoms with Crippen LogP contribution in [0.4, 0.5) is 11.4 Å². The van der Waals surface area contributed by atoms with Gasteiger partial charge in [-0.1, -0.05) is 13.3 Å². The Morgan fingerprint density at radius 1 is 1.53 bits per heavy atom. The lowest BCUT2D eigenvalue weighted by Crippen LogP contribution is -2.27. The molecule has 2 rings (SSSR count). The number of nitriles is 1. The quantitative estimate of drug-likeness (QED) is 0.581. The molecule has 0 aliphatic heterocycles. The van der Waals surface area contributed by atoms with Gasteiger partial charge in [-0.15, -0.1) is 0 Å². The van der Waals surface area contributed by atoms with Crippen LogP contribution in [-0.4, -0.2) is 17.5 Å². The number of nitro groups is 1. The smallest absolute Gasteiger partial charge is 0.270 e. The van der Waals surface area contributed by atoms with Crippen LogP contribution in [0.15, 0.2) is 18.2 Å². The zero-order valence-electron chi connectivity index (χ0n) is 11.0. The number of nitro benzene ring substituents is 1. The van der Waals surface area contributed by atoms with Crippen molar-refractivity contribution in [1.29, 1.82) is 5.26 Å². The molecule has 0 heterocycles. The number of nitrogens with zero attached hydrogens (tertiary/aromatic N) is 3. The van der Waals surface area contributed by atoms with E-state index in [0.29, 0.717) is 11.6 Å². The van der Waals surface area contributed by atoms with Gasteiger partial charge in [0.1, 0.15) is 6.07 Å². The van der Waals surface area contributed by atoms with Crippen molar-refractivity contribution in [2.45, 2.75) is 38.6 Å². The Morgan fingerprint density at radius 3 is 2.79 bits per heavy atom. The zero-order valence-corrected chi connectivity index (χ0v) is 11.0. The Morgan fingerprint density at radius 2 is 2.26 bits per heavy atom. The van der Waals surface area contributed by atoms with Gasteiger partial charge in [0, 0.05) is 24.7 Å². The molecule has 0 atom stereocenters. The van der Waals surface area contributed by atoms with Crippen molar-refractivity contribution in [3.63, 3.8) is 0 Å². The maximum absolute atomic E-state index is 10.8. The van der Waals surface area contributed by atoms with Crippen molar-refractivity contribution in [3.8, 4) is 6.07 Å². The van der Waals surface area contributed by atoms with E-state index in [0.717, 1.165) is 37.9 Å². The van der Waals surface area contributed by atoms with E-state index >= 15 is 0 Å². The summed E-state index contributed by atoms with van der Waals surface area (Å²) in [6.07, 6.45) is 4.45. The van der Waals surface area contributed by atoms with E-state index < -0.39 is 4.92 Å². The maximum Gasteiger partial charge on any atom is 0.270 e. The van der Waals surface area contributed by atoms with Crippen LogP contribution in [0.2, 0.25) is 0 Å². The van der Waals surface area contributed by atoms with E-state index in [1.165, 1.54) is 12.1 Å². The minimum absolute atomic E-state index is 0.0217. The average molecular weight is 259 g/mol. The molecule has 1 aromatic rings. The zero-order chi connectivity index (χ0) is 13.8. The summed E-state index contributed by atoms with van der Waals surface area (Å²) in [5.74, 6) is 0. The van der Waals surface area contributed by atoms with E-state index in [4.69, 9.17) is 0 Å². The summed E-state index contributed by atoms with van der Waals surface area (Å²) in [6, 6.07) is 7.15. The first-order valence-electron chi connectivity index (χ1n) is 6.62. The molecular formula is C14H17N3O2. The Bertz CT molecular complexity index is 518. The van der Waals surface area contributed by atoms with Crippen LogP contribution in [0, 0.1) is 21.4 Å². The molecule has 0 aromatic heterocycles. The summed E-state index contributed by atoms with van der Waals surface area (Å²) in [5, 5.41) is 20.0. The topological polar surface area (TPSA) is 70.2 Å². The van der Waals surface area contributed by atoms with E-state index in [9.17, 15) is 15.4 Å². The first-order chi connectivity index (χ1) is 9.17. The fourth-order valence-corrected chi connectivity index (χ4v) is 2.19. The van der Waals surface area contributed by atoms with Gasteiger partial charge in [-0.25, -0.2) is 0 Å². The van der Waals surface area contributed by atoms with Crippen LogP contribution >= 0.6 is 0 Å². The highest BCUT2D eigenvalue weighted by atomic mass is 16.6. The molecule has 1 aliphatic carbocycles. The molecule has 1 fully saturated rings. The second-order valence-corrected chi connectivity index (χ2v) is 4.85. The van der Waals surface area contributed by atoms with Crippen molar-refractivity contribution in [2.24, 2.45) is 0 Å². The minimum Gasteiger partial charge on any atom is -0.367 e. The average Bonchev–Trinajstić information content (AvgIpc) is 3.23. The van der Waals surface area contributed by atoms with Crippen molar-refractivity contribution in [1.82, 2.24) is 0 Å². The first kappa shape index (κ1) is 13.3. The lowest BCUT2D eigenvalue weighted by molar-refractivity contribution is -0.384. The van der Waals surface area contributed by atoms with Crippen LogP contribution in [-0.2, 0) is 0 Å². The predicted molar refractivity (Wildman–Crippen MR) is 73.1 cm³/mol. The Labute approximate surface area is 112 Å². The van der Waals surface area contributed by atoms with Gasteiger partial charge in [0.2, 0.25) is 0 Å². The highest BCUT2D eigenvalue weighted by Crippen LogP contribution is 2.35. The summed E-state index contributed by atoms with van der Waals surface area (Å²) in [4.78, 5) is 12.5. The van der Waals surface area contributed by atoms with Gasteiger partial charge in [0.05, 0.1) is 16.2 Å². The van der Waals surface area contributed by atoms with Crippen LogP contribution in [0.3, 0.4) is 0 Å². The number of hydrogen-bond donors (Lipinski definition) is 0. The van der Waals surface area contributed by atoms with Crippen LogP contribution < -0.4 is 4.90 Å². The second kappa shape index (κ2) is 5.70. The summed E-state index contributed by atoms with van der Waals surface area (Å²) in [5.41, 5.74) is 1.22. The first-order valence-corrected chi connectivity index (χ1v) is 6.62. The third-order valence-corrected chi connectivity index (χ3v) is 3.36. The lowest BCUT2D eigenvalue weighted by atomic mass is 10.1. The number of anilines is 1. The lowest BCUT2D eigenvalue weighted by Gasteiger charge is -2.25. The Balaban J connectivity index is 2.31. The van der Waals surface area contributed by atoms with Gasteiger partial charge in [-0.2, -0.15) is 5.26 Å². The molecule has 100 valence electrons. The van der Waals surface area contributed by atoms with Crippen molar-refractivity contribution < 1.29 is 4.92 Å². The summed E-state index contributed by atoms with van der Waals surface area (Å²) >= 11 is 0. The van der Waals surface area contributed by atoms with Crippen LogP contribution in [0.25, 0.3) is 0 Å². The fourth-order valence-electron chi connectivity index (χ4n) is 2.19. The van der Waals surface area contributed by atoms with Crippen LogP contribution in [0.5, 0.6) is 0 Å². The number of non-ortho nitro benzene ring substituents is 1. The van der Waals surface area contributed by atoms with Crippen molar-refractivity contribution in [2.75, 3.05) is 11.4 Å². The number of hydrogen-bond acceptors (Lipinski definition) is 4. The van der Waals surface area contributed by atoms with Crippen LogP contribution in [0.1, 0.15) is 38.2 Å². The highest BCUT2D eigenvalue weighted by molar-refractivity contribution is 5.64. The molecule has 0 saturated heterocycles. The predicted octanol–water partition coefficient (Wildman–Crippen LogP) is 3.24. The van der Waals surface area contributed by atoms with E-state index in [1.54, 1.807) is 6.07 Å². The third kappa shape index (κ3) is 3.02. The molecule has 0 bridgehead atoms. The van der Waals surface area contributed by atoms with Crippen molar-refractivity contribution in [3.05, 3.63) is 33.9 Å². The molecule has 5 heteroatoms. The molecule has 0 unspecified atom stereocenters. The maximum atomic E-state index is 10.8. The summed E-state index contributed by atoms with van der Waals surface area (Å²) in [6.45, 7) is 3.04. The molecule has 0 radical (unpaired) electrons. The van der Waals surface area contributed by atoms with Gasteiger partial charge in [-0.05, 0) is 25.3 Å². The van der Waals surface area contributed by atoms with Crippen molar-refractivity contribution >= 4 is 11.4 Å². The number of benzene rings is 1. The third-order valence-electron chi connectivity index (χ3n) is 3.36. The molecule has 0 spiro atoms. The van der Waals surface area contributed by atoms with E-state index in [-0.39, 0.29) is 5.69 Å². The Hall–Kier alpha value is -2.09. The molecular weight excluding hydrogens is 242 g/mol. The number of unbranched alkanes of at least 4 members (excludes halogenated alkanes) is 1. The molecule has 0 N–H and O–H groups in total. The molecule has 5 nitrogen and oxygen atoms in total. The SMILES string of the molecule is CCCCN(c1ccc([N+](=O)[O-])cc1C#N)C1CC1. The van der Waals surface area contributed by atoms with E-state index in [1.807, 2.05) is 0 Å². The van der Waals surface area contributed by atoms with Gasteiger partial charge in [-0.3, -0.25) is 10.1 Å². The molecule has 1 saturated carbocycles. The second-order valence-electron chi connectivity index (χ2n) is 4.85. The highest BCUT2D eigenvalue weighted by Gasteiger charge is 2.30. The summed E-state index contributed by atoms with van der Waals surface area (Å²) in [7, 11) is 0. The molecule has 19 heavy (non-hydrogen) atoms. The number of rotatable bonds is 6. The largest absolute Gasteiger partial charge is 0.367 e. The standard InChI is InChI=1S/C14H17N3O2/c1-2-3-8-16(12-4-5-12)14-7-6-13(17(18)19)9-11(14)10-15/h6-7,9,12H,2-5,8H2,1H3. The van der Waals surface area contributed by atoms with Gasteiger partial charge in [0.15, 0.2) is 0 Å². The van der Waals surface area contributed by atoms with Gasteiger partial charge >= 0.3 is 0 Å². The molecule has 1 aromatic carbocycles. The summed E-state index contributed by atoms with van der Waals surface area (Å²) < 4.78 is 0. The van der Waals surface area contributed by atoms with E-state index in [2.05, 4.69) is 17.9 Å². The minimum atomic E-state index is -0.460. The Kier molecular flexibility index (Phi) is 4.00. The monoisotopic (exact) mass is 259 g/mol. The molecule has 0 amide bonds. The normalized spacial score (nSPS) is 13.9. The van der Waals surface area contributed by atoms with Gasteiger partial charge in [0.25, 0.3) is 5.69 Å².